The Bertz CT molecular complexity index is 817. The van der Waals surface area contributed by atoms with Gasteiger partial charge >= 0.3 is 0 Å². The van der Waals surface area contributed by atoms with Gasteiger partial charge in [0.25, 0.3) is 5.91 Å². The molecule has 0 aliphatic rings. The molecule has 0 radical (unpaired) electrons. The van der Waals surface area contributed by atoms with Crippen LogP contribution in [0.1, 0.15) is 10.5 Å². The number of anilines is 1. The van der Waals surface area contributed by atoms with Crippen molar-refractivity contribution in [1.29, 1.82) is 0 Å². The number of aromatic nitrogens is 3. The lowest BCUT2D eigenvalue weighted by Gasteiger charge is -2.10. The highest BCUT2D eigenvalue weighted by Crippen LogP contribution is 2.38. The van der Waals surface area contributed by atoms with Gasteiger partial charge in [-0.3, -0.25) is 10.1 Å². The lowest BCUT2D eigenvalue weighted by atomic mass is 10.2. The van der Waals surface area contributed by atoms with Crippen molar-refractivity contribution in [2.75, 3.05) is 19.5 Å². The molecule has 0 unspecified atom stereocenters. The molecule has 9 heteroatoms. The monoisotopic (exact) mass is 348 g/mol. The van der Waals surface area contributed by atoms with Gasteiger partial charge in [-0.15, -0.1) is 21.5 Å². The van der Waals surface area contributed by atoms with E-state index in [4.69, 9.17) is 9.47 Å². The molecule has 1 aromatic carbocycles. The molecule has 2 heterocycles. The van der Waals surface area contributed by atoms with Gasteiger partial charge in [0.1, 0.15) is 16.2 Å². The maximum Gasteiger partial charge on any atom is 0.276 e. The van der Waals surface area contributed by atoms with Crippen LogP contribution in [0.25, 0.3) is 10.6 Å². The van der Waals surface area contributed by atoms with Crippen LogP contribution in [0, 0.1) is 0 Å². The molecule has 2 aromatic heterocycles. The molecule has 23 heavy (non-hydrogen) atoms. The number of thiazole rings is 1. The summed E-state index contributed by atoms with van der Waals surface area (Å²) in [5.41, 5.74) is 2.63. The van der Waals surface area contributed by atoms with E-state index >= 15 is 0 Å². The number of benzene rings is 1. The van der Waals surface area contributed by atoms with E-state index in [1.807, 2.05) is 12.1 Å². The van der Waals surface area contributed by atoms with Crippen LogP contribution in [0.15, 0.2) is 29.1 Å². The summed E-state index contributed by atoms with van der Waals surface area (Å²) in [4.78, 5) is 16.5. The number of carbonyl (C=O) groups excluding carboxylic acids is 1. The summed E-state index contributed by atoms with van der Waals surface area (Å²) < 4.78 is 10.7. The number of methoxy groups -OCH3 is 2. The van der Waals surface area contributed by atoms with Gasteiger partial charge in [-0.1, -0.05) is 17.4 Å². The summed E-state index contributed by atoms with van der Waals surface area (Å²) in [6.45, 7) is 0. The average molecular weight is 348 g/mol. The fourth-order valence-corrected chi connectivity index (χ4v) is 3.21. The van der Waals surface area contributed by atoms with E-state index in [9.17, 15) is 4.79 Å². The molecule has 3 aromatic rings. The van der Waals surface area contributed by atoms with Gasteiger partial charge < -0.3 is 9.47 Å². The zero-order chi connectivity index (χ0) is 16.2. The number of nitrogens with zero attached hydrogens (tertiary/aromatic N) is 3. The summed E-state index contributed by atoms with van der Waals surface area (Å²) in [6.07, 6.45) is 0. The first-order chi connectivity index (χ1) is 11.2. The molecule has 1 amide bonds. The number of para-hydroxylation sites is 1. The van der Waals surface area contributed by atoms with Crippen LogP contribution < -0.4 is 14.8 Å². The van der Waals surface area contributed by atoms with E-state index in [2.05, 4.69) is 20.5 Å². The lowest BCUT2D eigenvalue weighted by Crippen LogP contribution is -2.12. The highest BCUT2D eigenvalue weighted by molar-refractivity contribution is 7.14. The van der Waals surface area contributed by atoms with Gasteiger partial charge in [0.2, 0.25) is 5.13 Å². The van der Waals surface area contributed by atoms with Gasteiger partial charge in [0, 0.05) is 5.38 Å². The van der Waals surface area contributed by atoms with Crippen molar-refractivity contribution >= 4 is 33.7 Å². The fourth-order valence-electron chi connectivity index (χ4n) is 1.95. The molecule has 0 atom stereocenters. The van der Waals surface area contributed by atoms with Crippen molar-refractivity contribution in [1.82, 2.24) is 15.2 Å². The topological polar surface area (TPSA) is 86.2 Å². The van der Waals surface area contributed by atoms with Crippen LogP contribution >= 0.6 is 22.7 Å². The molecule has 7 nitrogen and oxygen atoms in total. The second kappa shape index (κ2) is 6.71. The maximum atomic E-state index is 12.2. The highest BCUT2D eigenvalue weighted by atomic mass is 32.1. The smallest absolute Gasteiger partial charge is 0.276 e. The van der Waals surface area contributed by atoms with Crippen LogP contribution in [-0.4, -0.2) is 35.3 Å². The molecule has 1 N–H and O–H groups in total. The van der Waals surface area contributed by atoms with Crippen molar-refractivity contribution in [3.05, 3.63) is 34.8 Å². The van der Waals surface area contributed by atoms with Crippen LogP contribution in [0.4, 0.5) is 5.13 Å². The summed E-state index contributed by atoms with van der Waals surface area (Å²) in [5.74, 6) is 0.867. The normalized spacial score (nSPS) is 10.3. The van der Waals surface area contributed by atoms with Crippen molar-refractivity contribution in [3.8, 4) is 22.1 Å². The Labute approximate surface area is 139 Å². The zero-order valence-corrected chi connectivity index (χ0v) is 13.9. The summed E-state index contributed by atoms with van der Waals surface area (Å²) in [6, 6.07) is 5.52. The Morgan fingerprint density at radius 3 is 2.78 bits per heavy atom. The van der Waals surface area contributed by atoms with Crippen LogP contribution in [0.2, 0.25) is 0 Å². The van der Waals surface area contributed by atoms with Crippen molar-refractivity contribution in [3.63, 3.8) is 0 Å². The van der Waals surface area contributed by atoms with Crippen LogP contribution in [-0.2, 0) is 0 Å². The first kappa shape index (κ1) is 15.4. The second-order valence-electron chi connectivity index (χ2n) is 4.28. The van der Waals surface area contributed by atoms with E-state index < -0.39 is 0 Å². The molecule has 0 bridgehead atoms. The zero-order valence-electron chi connectivity index (χ0n) is 12.3. The first-order valence-corrected chi connectivity index (χ1v) is 8.23. The van der Waals surface area contributed by atoms with Crippen molar-refractivity contribution in [2.45, 2.75) is 0 Å². The lowest BCUT2D eigenvalue weighted by molar-refractivity contribution is 0.102. The van der Waals surface area contributed by atoms with Gasteiger partial charge in [-0.2, -0.15) is 0 Å². The predicted octanol–water partition coefficient (Wildman–Crippen LogP) is 2.93. The number of amides is 1. The maximum absolute atomic E-state index is 12.2. The Morgan fingerprint density at radius 2 is 2.09 bits per heavy atom. The van der Waals surface area contributed by atoms with Crippen LogP contribution in [0.5, 0.6) is 11.5 Å². The van der Waals surface area contributed by atoms with Gasteiger partial charge in [-0.25, -0.2) is 4.98 Å². The molecule has 0 spiro atoms. The minimum atomic E-state index is -0.328. The Balaban J connectivity index is 1.89. The fraction of sp³-hybridized carbons (Fsp3) is 0.143. The average Bonchev–Trinajstić information content (AvgIpc) is 3.25. The molecule has 0 saturated carbocycles. The molecule has 0 aliphatic heterocycles. The second-order valence-corrected chi connectivity index (χ2v) is 5.97. The third-order valence-corrected chi connectivity index (χ3v) is 4.43. The largest absolute Gasteiger partial charge is 0.493 e. The van der Waals surface area contributed by atoms with E-state index in [0.29, 0.717) is 27.3 Å². The van der Waals surface area contributed by atoms with Gasteiger partial charge in [-0.05, 0) is 12.1 Å². The van der Waals surface area contributed by atoms with E-state index in [1.165, 1.54) is 22.7 Å². The molecule has 0 fully saturated rings. The highest BCUT2D eigenvalue weighted by Gasteiger charge is 2.17. The first-order valence-electron chi connectivity index (χ1n) is 6.47. The van der Waals surface area contributed by atoms with E-state index in [0.717, 1.165) is 5.56 Å². The van der Waals surface area contributed by atoms with Gasteiger partial charge in [0.15, 0.2) is 11.5 Å². The molecule has 118 valence electrons. The minimum Gasteiger partial charge on any atom is -0.493 e. The third-order valence-electron chi connectivity index (χ3n) is 2.95. The molecule has 3 rings (SSSR count). The Kier molecular flexibility index (Phi) is 4.49. The SMILES string of the molecule is COc1cccc(-c2nc(C(=O)Nc3nncs3)cs2)c1OC. The standard InChI is InChI=1S/C14H12N4O3S2/c1-20-10-5-3-4-8(11(10)21-2)13-16-9(6-22-13)12(19)17-14-18-15-7-23-14/h3-7H,1-2H3,(H,17,18,19). The minimum absolute atomic E-state index is 0.310. The summed E-state index contributed by atoms with van der Waals surface area (Å²) >= 11 is 2.60. The summed E-state index contributed by atoms with van der Waals surface area (Å²) in [5, 5.41) is 12.9. The molecular weight excluding hydrogens is 336 g/mol. The Hall–Kier alpha value is -2.52. The molecule has 0 aliphatic carbocycles. The van der Waals surface area contributed by atoms with Crippen molar-refractivity contribution in [2.24, 2.45) is 0 Å². The Morgan fingerprint density at radius 1 is 1.22 bits per heavy atom. The quantitative estimate of drug-likeness (QED) is 0.763. The number of ether oxygens (including phenoxy) is 2. The molecule has 0 saturated heterocycles. The number of hydrogen-bond donors (Lipinski definition) is 1. The third kappa shape index (κ3) is 3.15. The van der Waals surface area contributed by atoms with Gasteiger partial charge in [0.05, 0.1) is 19.8 Å². The summed E-state index contributed by atoms with van der Waals surface area (Å²) in [7, 11) is 3.14. The predicted molar refractivity (Wildman–Crippen MR) is 88.5 cm³/mol. The van der Waals surface area contributed by atoms with E-state index in [1.54, 1.807) is 31.2 Å². The van der Waals surface area contributed by atoms with Crippen molar-refractivity contribution < 1.29 is 14.3 Å². The van der Waals surface area contributed by atoms with Crippen LogP contribution in [0.3, 0.4) is 0 Å². The molecular formula is C14H12N4O3S2. The number of carbonyl (C=O) groups is 1. The number of nitrogens with one attached hydrogen (secondary N) is 1. The number of hydrogen-bond acceptors (Lipinski definition) is 8. The van der Waals surface area contributed by atoms with E-state index in [-0.39, 0.29) is 5.91 Å². The number of rotatable bonds is 5.